The molecular formula is C10H13NO3S. The summed E-state index contributed by atoms with van der Waals surface area (Å²) in [4.78, 5) is 0.107. The van der Waals surface area contributed by atoms with Crippen LogP contribution < -0.4 is 4.72 Å². The van der Waals surface area contributed by atoms with Gasteiger partial charge in [0.2, 0.25) is 10.0 Å². The summed E-state index contributed by atoms with van der Waals surface area (Å²) in [5.74, 6) is -0.0428. The number of hydrogen-bond acceptors (Lipinski definition) is 3. The summed E-state index contributed by atoms with van der Waals surface area (Å²) in [7, 11) is -3.49. The number of sulfonamides is 1. The summed E-state index contributed by atoms with van der Waals surface area (Å²) < 4.78 is 26.2. The molecule has 0 aromatic heterocycles. The van der Waals surface area contributed by atoms with Gasteiger partial charge in [-0.15, -0.1) is 0 Å². The number of benzene rings is 1. The van der Waals surface area contributed by atoms with Crippen molar-refractivity contribution in [3.63, 3.8) is 0 Å². The molecule has 0 bridgehead atoms. The Morgan fingerprint density at radius 3 is 2.60 bits per heavy atom. The molecule has 0 heterocycles. The molecule has 0 atom stereocenters. The Morgan fingerprint density at radius 1 is 1.40 bits per heavy atom. The van der Waals surface area contributed by atoms with E-state index in [1.807, 2.05) is 6.92 Å². The second-order valence-electron chi connectivity index (χ2n) is 4.16. The zero-order valence-corrected chi connectivity index (χ0v) is 9.21. The van der Waals surface area contributed by atoms with E-state index in [4.69, 9.17) is 0 Å². The summed E-state index contributed by atoms with van der Waals surface area (Å²) in [5.41, 5.74) is -0.287. The van der Waals surface area contributed by atoms with Crippen LogP contribution in [0.5, 0.6) is 5.75 Å². The Morgan fingerprint density at radius 2 is 2.07 bits per heavy atom. The van der Waals surface area contributed by atoms with Gasteiger partial charge in [0.1, 0.15) is 5.75 Å². The summed E-state index contributed by atoms with van der Waals surface area (Å²) >= 11 is 0. The highest BCUT2D eigenvalue weighted by Gasteiger charge is 2.41. The molecule has 2 rings (SSSR count). The average molecular weight is 227 g/mol. The fourth-order valence-electron chi connectivity index (χ4n) is 1.32. The first-order valence-corrected chi connectivity index (χ1v) is 6.23. The fourth-order valence-corrected chi connectivity index (χ4v) is 2.83. The zero-order valence-electron chi connectivity index (χ0n) is 8.40. The van der Waals surface area contributed by atoms with Crippen molar-refractivity contribution in [3.8, 4) is 5.75 Å². The normalized spacial score (nSPS) is 18.7. The molecule has 1 aromatic rings. The fraction of sp³-hybridized carbons (Fsp3) is 0.400. The van der Waals surface area contributed by atoms with Gasteiger partial charge in [0.05, 0.1) is 4.90 Å². The number of phenols is 1. The third-order valence-electron chi connectivity index (χ3n) is 2.51. The first-order valence-electron chi connectivity index (χ1n) is 4.74. The molecule has 0 spiro atoms. The van der Waals surface area contributed by atoms with Crippen LogP contribution in [0.4, 0.5) is 0 Å². The van der Waals surface area contributed by atoms with Crippen LogP contribution in [0.25, 0.3) is 0 Å². The van der Waals surface area contributed by atoms with Gasteiger partial charge in [0, 0.05) is 5.54 Å². The standard InChI is InChI=1S/C10H13NO3S/c1-10(5-6-10)11-15(13,14)9-4-2-3-8(12)7-9/h2-4,7,11-12H,5-6H2,1H3. The van der Waals surface area contributed by atoms with Crippen LogP contribution in [0.3, 0.4) is 0 Å². The maximum absolute atomic E-state index is 11.8. The van der Waals surface area contributed by atoms with Gasteiger partial charge in [-0.25, -0.2) is 13.1 Å². The van der Waals surface area contributed by atoms with E-state index in [-0.39, 0.29) is 16.2 Å². The Hall–Kier alpha value is -1.07. The van der Waals surface area contributed by atoms with Gasteiger partial charge >= 0.3 is 0 Å². The first-order chi connectivity index (χ1) is 6.91. The lowest BCUT2D eigenvalue weighted by Gasteiger charge is -2.11. The van der Waals surface area contributed by atoms with Crippen molar-refractivity contribution in [2.45, 2.75) is 30.2 Å². The third-order valence-corrected chi connectivity index (χ3v) is 4.14. The van der Waals surface area contributed by atoms with E-state index in [2.05, 4.69) is 4.72 Å². The second-order valence-corrected chi connectivity index (χ2v) is 5.85. The van der Waals surface area contributed by atoms with E-state index in [1.165, 1.54) is 24.3 Å². The molecule has 0 amide bonds. The van der Waals surface area contributed by atoms with Crippen molar-refractivity contribution in [3.05, 3.63) is 24.3 Å². The minimum atomic E-state index is -3.49. The number of aromatic hydroxyl groups is 1. The van der Waals surface area contributed by atoms with E-state index < -0.39 is 10.0 Å². The lowest BCUT2D eigenvalue weighted by molar-refractivity contribution is 0.472. The van der Waals surface area contributed by atoms with Crippen molar-refractivity contribution >= 4 is 10.0 Å². The molecule has 1 fully saturated rings. The predicted octanol–water partition coefficient (Wildman–Crippen LogP) is 1.22. The first kappa shape index (κ1) is 10.4. The maximum atomic E-state index is 11.8. The lowest BCUT2D eigenvalue weighted by Crippen LogP contribution is -2.34. The molecule has 0 unspecified atom stereocenters. The summed E-state index contributed by atoms with van der Waals surface area (Å²) in [6.07, 6.45) is 1.73. The quantitative estimate of drug-likeness (QED) is 0.816. The SMILES string of the molecule is CC1(NS(=O)(=O)c2cccc(O)c2)CC1. The van der Waals surface area contributed by atoms with Crippen molar-refractivity contribution in [2.75, 3.05) is 0 Å². The number of nitrogens with one attached hydrogen (secondary N) is 1. The molecule has 1 saturated carbocycles. The van der Waals surface area contributed by atoms with Crippen molar-refractivity contribution < 1.29 is 13.5 Å². The van der Waals surface area contributed by atoms with Gasteiger partial charge in [0.25, 0.3) is 0 Å². The van der Waals surface area contributed by atoms with Gasteiger partial charge in [0.15, 0.2) is 0 Å². The molecule has 15 heavy (non-hydrogen) atoms. The second kappa shape index (κ2) is 3.21. The summed E-state index contributed by atoms with van der Waals surface area (Å²) in [5, 5.41) is 9.20. The molecule has 0 saturated heterocycles. The molecule has 1 aliphatic rings. The smallest absolute Gasteiger partial charge is 0.241 e. The van der Waals surface area contributed by atoms with Crippen molar-refractivity contribution in [1.29, 1.82) is 0 Å². The Bertz CT molecular complexity index is 477. The molecular weight excluding hydrogens is 214 g/mol. The Labute approximate surface area is 89.0 Å². The highest BCUT2D eigenvalue weighted by molar-refractivity contribution is 7.89. The van der Waals surface area contributed by atoms with Gasteiger partial charge in [-0.1, -0.05) is 6.07 Å². The van der Waals surface area contributed by atoms with Crippen LogP contribution in [-0.2, 0) is 10.0 Å². The summed E-state index contributed by atoms with van der Waals surface area (Å²) in [6, 6.07) is 5.67. The van der Waals surface area contributed by atoms with Crippen LogP contribution >= 0.6 is 0 Å². The van der Waals surface area contributed by atoms with Crippen LogP contribution in [0.15, 0.2) is 29.2 Å². The van der Waals surface area contributed by atoms with E-state index in [0.717, 1.165) is 12.8 Å². The van der Waals surface area contributed by atoms with Gasteiger partial charge in [-0.2, -0.15) is 0 Å². The predicted molar refractivity (Wildman–Crippen MR) is 56.1 cm³/mol. The van der Waals surface area contributed by atoms with Gasteiger partial charge in [-0.05, 0) is 38.0 Å². The monoisotopic (exact) mass is 227 g/mol. The molecule has 82 valence electrons. The number of phenolic OH excluding ortho intramolecular Hbond substituents is 1. The highest BCUT2D eigenvalue weighted by atomic mass is 32.2. The molecule has 0 radical (unpaired) electrons. The average Bonchev–Trinajstić information content (AvgIpc) is 2.82. The minimum absolute atomic E-state index is 0.0428. The third kappa shape index (κ3) is 2.30. The molecule has 2 N–H and O–H groups in total. The lowest BCUT2D eigenvalue weighted by atomic mass is 10.3. The number of rotatable bonds is 3. The van der Waals surface area contributed by atoms with Crippen LogP contribution in [-0.4, -0.2) is 19.1 Å². The van der Waals surface area contributed by atoms with E-state index in [0.29, 0.717) is 0 Å². The van der Waals surface area contributed by atoms with E-state index in [1.54, 1.807) is 0 Å². The van der Waals surface area contributed by atoms with Crippen molar-refractivity contribution in [2.24, 2.45) is 0 Å². The van der Waals surface area contributed by atoms with Crippen molar-refractivity contribution in [1.82, 2.24) is 4.72 Å². The van der Waals surface area contributed by atoms with Gasteiger partial charge < -0.3 is 5.11 Å². The number of hydrogen-bond donors (Lipinski definition) is 2. The topological polar surface area (TPSA) is 66.4 Å². The molecule has 5 heteroatoms. The van der Waals surface area contributed by atoms with E-state index in [9.17, 15) is 13.5 Å². The molecule has 4 nitrogen and oxygen atoms in total. The Balaban J connectivity index is 2.29. The molecule has 1 aliphatic carbocycles. The molecule has 0 aliphatic heterocycles. The van der Waals surface area contributed by atoms with Crippen LogP contribution in [0, 0.1) is 0 Å². The van der Waals surface area contributed by atoms with E-state index >= 15 is 0 Å². The highest BCUT2D eigenvalue weighted by Crippen LogP contribution is 2.36. The van der Waals surface area contributed by atoms with Crippen LogP contribution in [0.2, 0.25) is 0 Å². The zero-order chi connectivity index (χ0) is 11.1. The maximum Gasteiger partial charge on any atom is 0.241 e. The minimum Gasteiger partial charge on any atom is -0.508 e. The molecule has 1 aromatic carbocycles. The summed E-state index contributed by atoms with van der Waals surface area (Å²) in [6.45, 7) is 1.87. The van der Waals surface area contributed by atoms with Gasteiger partial charge in [-0.3, -0.25) is 0 Å². The van der Waals surface area contributed by atoms with Crippen LogP contribution in [0.1, 0.15) is 19.8 Å². The largest absolute Gasteiger partial charge is 0.508 e. The Kier molecular flexibility index (Phi) is 2.24.